The number of aryl methyl sites for hydroxylation is 1. The molecule has 0 N–H and O–H groups in total. The average molecular weight is 350 g/mol. The summed E-state index contributed by atoms with van der Waals surface area (Å²) in [6, 6.07) is 3.32. The van der Waals surface area contributed by atoms with E-state index in [9.17, 15) is 4.79 Å². The van der Waals surface area contributed by atoms with Crippen LogP contribution in [0.25, 0.3) is 0 Å². The van der Waals surface area contributed by atoms with Crippen molar-refractivity contribution in [3.63, 3.8) is 0 Å². The van der Waals surface area contributed by atoms with Crippen LogP contribution in [-0.4, -0.2) is 64.7 Å². The minimum Gasteiger partial charge on any atom is -0.377 e. The Morgan fingerprint density at radius 1 is 1.17 bits per heavy atom. The highest BCUT2D eigenvalue weighted by molar-refractivity contribution is 7.15. The molecule has 9 heteroatoms. The lowest BCUT2D eigenvalue weighted by atomic mass is 10.3. The summed E-state index contributed by atoms with van der Waals surface area (Å²) in [6.07, 6.45) is 0. The molecule has 1 aliphatic heterocycles. The zero-order valence-electron chi connectivity index (χ0n) is 14.0. The summed E-state index contributed by atoms with van der Waals surface area (Å²) in [7, 11) is 1.66. The highest BCUT2D eigenvalue weighted by Gasteiger charge is 2.20. The number of rotatable bonds is 6. The molecular formula is C15H22N6O2S. The van der Waals surface area contributed by atoms with Crippen molar-refractivity contribution in [1.29, 1.82) is 0 Å². The number of aromatic nitrogens is 4. The smallest absolute Gasteiger partial charge is 0.266 e. The predicted molar refractivity (Wildman–Crippen MR) is 92.5 cm³/mol. The fourth-order valence-electron chi connectivity index (χ4n) is 2.66. The molecule has 0 radical (unpaired) electrons. The third-order valence-electron chi connectivity index (χ3n) is 3.99. The van der Waals surface area contributed by atoms with Gasteiger partial charge in [-0.05, 0) is 13.0 Å². The lowest BCUT2D eigenvalue weighted by Gasteiger charge is -2.34. The Morgan fingerprint density at radius 2 is 1.96 bits per heavy atom. The first-order chi connectivity index (χ1) is 11.7. The number of anilines is 1. The van der Waals surface area contributed by atoms with Crippen molar-refractivity contribution in [2.45, 2.75) is 20.1 Å². The van der Waals surface area contributed by atoms with Gasteiger partial charge in [-0.1, -0.05) is 11.3 Å². The molecular weight excluding hydrogens is 328 g/mol. The number of hydrogen-bond acceptors (Lipinski definition) is 8. The van der Waals surface area contributed by atoms with Gasteiger partial charge >= 0.3 is 0 Å². The maximum atomic E-state index is 11.8. The fraction of sp³-hybridized carbons (Fsp3) is 0.600. The molecule has 8 nitrogen and oxygen atoms in total. The van der Waals surface area contributed by atoms with Gasteiger partial charge in [0.2, 0.25) is 5.13 Å². The zero-order valence-corrected chi connectivity index (χ0v) is 14.8. The van der Waals surface area contributed by atoms with Gasteiger partial charge in [-0.15, -0.1) is 10.2 Å². The largest absolute Gasteiger partial charge is 0.377 e. The van der Waals surface area contributed by atoms with E-state index in [4.69, 9.17) is 4.74 Å². The van der Waals surface area contributed by atoms with Crippen LogP contribution in [-0.2, 0) is 17.9 Å². The number of ether oxygens (including phenoxy) is 1. The van der Waals surface area contributed by atoms with Gasteiger partial charge in [0.25, 0.3) is 5.56 Å². The third kappa shape index (κ3) is 4.16. The molecule has 0 amide bonds. The normalized spacial score (nSPS) is 15.8. The van der Waals surface area contributed by atoms with Crippen LogP contribution in [0.15, 0.2) is 16.9 Å². The summed E-state index contributed by atoms with van der Waals surface area (Å²) < 4.78 is 6.63. The molecule has 0 atom stereocenters. The molecule has 0 saturated carbocycles. The molecule has 0 unspecified atom stereocenters. The molecule has 0 spiro atoms. The van der Waals surface area contributed by atoms with E-state index in [1.54, 1.807) is 35.3 Å². The van der Waals surface area contributed by atoms with Gasteiger partial charge in [0.1, 0.15) is 11.6 Å². The number of nitrogens with zero attached hydrogens (tertiary/aromatic N) is 6. The van der Waals surface area contributed by atoms with Gasteiger partial charge in [-0.3, -0.25) is 9.69 Å². The third-order valence-corrected chi connectivity index (χ3v) is 4.95. The maximum Gasteiger partial charge on any atom is 0.266 e. The summed E-state index contributed by atoms with van der Waals surface area (Å²) in [5.41, 5.74) is 0.821. The van der Waals surface area contributed by atoms with Crippen molar-refractivity contribution in [2.75, 3.05) is 44.7 Å². The van der Waals surface area contributed by atoms with Crippen molar-refractivity contribution in [2.24, 2.45) is 0 Å². The monoisotopic (exact) mass is 350 g/mol. The number of piperazine rings is 1. The molecule has 1 fully saturated rings. The predicted octanol–water partition coefficient (Wildman–Crippen LogP) is 0.372. The van der Waals surface area contributed by atoms with Crippen molar-refractivity contribution in [3.8, 4) is 0 Å². The molecule has 1 saturated heterocycles. The van der Waals surface area contributed by atoms with E-state index in [0.717, 1.165) is 48.6 Å². The topological polar surface area (TPSA) is 76.4 Å². The number of hydrogen-bond donors (Lipinski definition) is 0. The van der Waals surface area contributed by atoms with Crippen LogP contribution in [0.3, 0.4) is 0 Å². The molecule has 3 heterocycles. The highest BCUT2D eigenvalue weighted by Crippen LogP contribution is 2.21. The quantitative estimate of drug-likeness (QED) is 0.745. The van der Waals surface area contributed by atoms with Gasteiger partial charge in [0.05, 0.1) is 12.2 Å². The Bertz CT molecular complexity index is 723. The van der Waals surface area contributed by atoms with Gasteiger partial charge in [0.15, 0.2) is 0 Å². The Kier molecular flexibility index (Phi) is 5.54. The Balaban J connectivity index is 1.49. The lowest BCUT2D eigenvalue weighted by Crippen LogP contribution is -2.47. The number of methoxy groups -OCH3 is 1. The van der Waals surface area contributed by atoms with Crippen molar-refractivity contribution in [1.82, 2.24) is 24.9 Å². The van der Waals surface area contributed by atoms with E-state index in [-0.39, 0.29) is 5.56 Å². The van der Waals surface area contributed by atoms with Crippen LogP contribution >= 0.6 is 11.3 Å². The van der Waals surface area contributed by atoms with Crippen molar-refractivity contribution in [3.05, 3.63) is 33.2 Å². The minimum atomic E-state index is -0.0428. The van der Waals surface area contributed by atoms with E-state index in [0.29, 0.717) is 13.2 Å². The maximum absolute atomic E-state index is 11.8. The van der Waals surface area contributed by atoms with Gasteiger partial charge in [-0.25, -0.2) is 4.68 Å². The first kappa shape index (κ1) is 17.0. The van der Waals surface area contributed by atoms with Crippen LogP contribution < -0.4 is 10.5 Å². The Labute approximate surface area is 144 Å². The molecule has 0 bridgehead atoms. The van der Waals surface area contributed by atoms with Crippen LogP contribution in [0.1, 0.15) is 10.7 Å². The molecule has 130 valence electrons. The standard InChI is InChI=1S/C15H22N6O2S/c1-12-3-4-14(22)21(18-12)10-7-19-5-8-20(9-6-19)15-17-16-13(24-15)11-23-2/h3-4H,5-11H2,1-2H3. The average Bonchev–Trinajstić information content (AvgIpc) is 3.05. The Morgan fingerprint density at radius 3 is 2.71 bits per heavy atom. The summed E-state index contributed by atoms with van der Waals surface area (Å²) in [4.78, 5) is 16.4. The van der Waals surface area contributed by atoms with Gasteiger partial charge < -0.3 is 9.64 Å². The molecule has 0 aromatic carbocycles. The second-order valence-electron chi connectivity index (χ2n) is 5.78. The van der Waals surface area contributed by atoms with Crippen LogP contribution in [0.5, 0.6) is 0 Å². The molecule has 24 heavy (non-hydrogen) atoms. The Hall–Kier alpha value is -1.84. The molecule has 2 aromatic heterocycles. The van der Waals surface area contributed by atoms with Crippen molar-refractivity contribution >= 4 is 16.5 Å². The second kappa shape index (κ2) is 7.82. The second-order valence-corrected chi connectivity index (χ2v) is 6.82. The van der Waals surface area contributed by atoms with Gasteiger partial charge in [-0.2, -0.15) is 5.10 Å². The zero-order chi connectivity index (χ0) is 16.9. The summed E-state index contributed by atoms with van der Waals surface area (Å²) in [5.74, 6) is 0. The minimum absolute atomic E-state index is 0.0428. The summed E-state index contributed by atoms with van der Waals surface area (Å²) >= 11 is 1.58. The highest BCUT2D eigenvalue weighted by atomic mass is 32.1. The summed E-state index contributed by atoms with van der Waals surface area (Å²) in [5, 5.41) is 14.5. The van der Waals surface area contributed by atoms with E-state index in [2.05, 4.69) is 25.1 Å². The molecule has 1 aliphatic rings. The summed E-state index contributed by atoms with van der Waals surface area (Å²) in [6.45, 7) is 7.58. The van der Waals surface area contributed by atoms with E-state index < -0.39 is 0 Å². The SMILES string of the molecule is COCc1nnc(N2CCN(CCn3nc(C)ccc3=O)CC2)s1. The molecule has 0 aliphatic carbocycles. The van der Waals surface area contributed by atoms with E-state index in [1.807, 2.05) is 6.92 Å². The van der Waals surface area contributed by atoms with E-state index in [1.165, 1.54) is 0 Å². The molecule has 2 aromatic rings. The first-order valence-electron chi connectivity index (χ1n) is 7.99. The molecule has 3 rings (SSSR count). The van der Waals surface area contributed by atoms with Crippen LogP contribution in [0.4, 0.5) is 5.13 Å². The first-order valence-corrected chi connectivity index (χ1v) is 8.81. The van der Waals surface area contributed by atoms with Gasteiger partial charge in [0, 0.05) is 45.9 Å². The van der Waals surface area contributed by atoms with Crippen molar-refractivity contribution < 1.29 is 4.74 Å². The van der Waals surface area contributed by atoms with Crippen LogP contribution in [0.2, 0.25) is 0 Å². The van der Waals surface area contributed by atoms with E-state index >= 15 is 0 Å². The fourth-order valence-corrected chi connectivity index (χ4v) is 3.53. The van der Waals surface area contributed by atoms with Crippen LogP contribution in [0, 0.1) is 6.92 Å². The lowest BCUT2D eigenvalue weighted by molar-refractivity contribution is 0.184.